The summed E-state index contributed by atoms with van der Waals surface area (Å²) in [6, 6.07) is 7.57. The predicted molar refractivity (Wildman–Crippen MR) is 86.1 cm³/mol. The molecule has 6 nitrogen and oxygen atoms in total. The Kier molecular flexibility index (Phi) is 7.70. The third kappa shape index (κ3) is 5.91. The molecule has 1 aromatic rings. The van der Waals surface area contributed by atoms with Crippen molar-refractivity contribution >= 4 is 29.1 Å². The van der Waals surface area contributed by atoms with E-state index in [1.807, 2.05) is 31.2 Å². The van der Waals surface area contributed by atoms with E-state index in [0.29, 0.717) is 18.1 Å². The van der Waals surface area contributed by atoms with Gasteiger partial charge in [0.15, 0.2) is 0 Å². The molecule has 2 N–H and O–H groups in total. The molecule has 0 spiro atoms. The lowest BCUT2D eigenvalue weighted by molar-refractivity contribution is -0.135. The number of anilines is 1. The molecule has 0 heterocycles. The fraction of sp³-hybridized carbons (Fsp3) is 0.467. The molecule has 0 bridgehead atoms. The van der Waals surface area contributed by atoms with Gasteiger partial charge in [-0.05, 0) is 25.1 Å². The van der Waals surface area contributed by atoms with E-state index in [0.717, 1.165) is 12.2 Å². The van der Waals surface area contributed by atoms with Gasteiger partial charge >= 0.3 is 0 Å². The first-order valence-corrected chi connectivity index (χ1v) is 7.53. The molecule has 1 aromatic carbocycles. The van der Waals surface area contributed by atoms with Gasteiger partial charge in [-0.15, -0.1) is 0 Å². The van der Waals surface area contributed by atoms with E-state index in [2.05, 4.69) is 4.90 Å². The molecule has 0 fully saturated rings. The molecular weight excluding hydrogens is 306 g/mol. The highest BCUT2D eigenvalue weighted by Crippen LogP contribution is 2.19. The minimum atomic E-state index is -0.559. The van der Waals surface area contributed by atoms with Crippen LogP contribution in [0.25, 0.3) is 0 Å². The van der Waals surface area contributed by atoms with Gasteiger partial charge in [0, 0.05) is 50.2 Å². The number of hydrogen-bond donors (Lipinski definition) is 2. The summed E-state index contributed by atoms with van der Waals surface area (Å²) < 4.78 is 0. The maximum absolute atomic E-state index is 11.9. The maximum Gasteiger partial charge on any atom is 0.243 e. The van der Waals surface area contributed by atoms with Crippen LogP contribution in [-0.2, 0) is 9.59 Å². The summed E-state index contributed by atoms with van der Waals surface area (Å²) in [6.07, 6.45) is 0.0532. The number of hydrogen-bond acceptors (Lipinski definition) is 4. The van der Waals surface area contributed by atoms with Gasteiger partial charge in [-0.25, -0.2) is 5.48 Å². The van der Waals surface area contributed by atoms with E-state index in [1.165, 1.54) is 5.48 Å². The number of likely N-dealkylation sites (N-methyl/N-ethyl adjacent to an activating group) is 2. The van der Waals surface area contributed by atoms with Crippen LogP contribution in [0.4, 0.5) is 5.69 Å². The van der Waals surface area contributed by atoms with E-state index in [4.69, 9.17) is 16.8 Å². The monoisotopic (exact) mass is 327 g/mol. The number of hydroxylamine groups is 1. The largest absolute Gasteiger partial charge is 0.370 e. The summed E-state index contributed by atoms with van der Waals surface area (Å²) in [4.78, 5) is 26.5. The second kappa shape index (κ2) is 9.27. The molecule has 122 valence electrons. The Bertz CT molecular complexity index is 511. The maximum atomic E-state index is 11.9. The highest BCUT2D eigenvalue weighted by atomic mass is 35.5. The zero-order valence-electron chi connectivity index (χ0n) is 12.9. The molecule has 0 aliphatic carbocycles. The van der Waals surface area contributed by atoms with E-state index in [9.17, 15) is 9.59 Å². The minimum Gasteiger partial charge on any atom is -0.370 e. The van der Waals surface area contributed by atoms with Crippen molar-refractivity contribution in [1.29, 1.82) is 0 Å². The molecule has 0 aliphatic rings. The highest BCUT2D eigenvalue weighted by molar-refractivity contribution is 6.30. The highest BCUT2D eigenvalue weighted by Gasteiger charge is 2.12. The average molecular weight is 328 g/mol. The summed E-state index contributed by atoms with van der Waals surface area (Å²) in [5, 5.41) is 9.08. The second-order valence-corrected chi connectivity index (χ2v) is 5.35. The van der Waals surface area contributed by atoms with Gasteiger partial charge in [-0.2, -0.15) is 0 Å². The van der Waals surface area contributed by atoms with Crippen LogP contribution in [0.1, 0.15) is 19.8 Å². The van der Waals surface area contributed by atoms with Crippen LogP contribution in [0, 0.1) is 0 Å². The van der Waals surface area contributed by atoms with Gasteiger partial charge in [0.1, 0.15) is 0 Å². The molecule has 0 saturated heterocycles. The summed E-state index contributed by atoms with van der Waals surface area (Å²) in [5.74, 6) is -0.693. The molecule has 7 heteroatoms. The van der Waals surface area contributed by atoms with Crippen molar-refractivity contribution in [3.05, 3.63) is 29.3 Å². The fourth-order valence-electron chi connectivity index (χ4n) is 2.01. The Hall–Kier alpha value is -1.79. The van der Waals surface area contributed by atoms with Crippen molar-refractivity contribution in [3.63, 3.8) is 0 Å². The number of nitrogens with zero attached hydrogens (tertiary/aromatic N) is 2. The lowest BCUT2D eigenvalue weighted by Gasteiger charge is -2.26. The Morgan fingerprint density at radius 3 is 2.59 bits per heavy atom. The summed E-state index contributed by atoms with van der Waals surface area (Å²) in [7, 11) is 1.70. The summed E-state index contributed by atoms with van der Waals surface area (Å²) in [6.45, 7) is 4.05. The summed E-state index contributed by atoms with van der Waals surface area (Å²) in [5.41, 5.74) is 2.52. The van der Waals surface area contributed by atoms with Crippen LogP contribution in [0.3, 0.4) is 0 Å². The quantitative estimate of drug-likeness (QED) is 0.565. The van der Waals surface area contributed by atoms with Crippen LogP contribution in [-0.4, -0.2) is 48.6 Å². The Balaban J connectivity index is 2.48. The number of rotatable bonds is 8. The van der Waals surface area contributed by atoms with Gasteiger partial charge in [0.2, 0.25) is 11.8 Å². The normalized spacial score (nSPS) is 10.2. The molecule has 0 aliphatic heterocycles. The lowest BCUT2D eigenvalue weighted by atomic mass is 10.2. The number of carbonyl (C=O) groups excluding carboxylic acids is 2. The molecule has 22 heavy (non-hydrogen) atoms. The van der Waals surface area contributed by atoms with Gasteiger partial charge in [-0.3, -0.25) is 14.8 Å². The smallest absolute Gasteiger partial charge is 0.243 e. The Morgan fingerprint density at radius 2 is 2.00 bits per heavy atom. The van der Waals surface area contributed by atoms with Crippen LogP contribution in [0.15, 0.2) is 24.3 Å². The van der Waals surface area contributed by atoms with E-state index >= 15 is 0 Å². The molecule has 2 amide bonds. The number of halogens is 1. The topological polar surface area (TPSA) is 72.9 Å². The van der Waals surface area contributed by atoms with Crippen molar-refractivity contribution in [2.75, 3.05) is 31.6 Å². The van der Waals surface area contributed by atoms with E-state index < -0.39 is 5.91 Å². The second-order valence-electron chi connectivity index (χ2n) is 4.91. The third-order valence-corrected chi connectivity index (χ3v) is 3.61. The van der Waals surface area contributed by atoms with E-state index in [1.54, 1.807) is 11.9 Å². The molecule has 0 radical (unpaired) electrons. The zero-order valence-corrected chi connectivity index (χ0v) is 13.6. The van der Waals surface area contributed by atoms with Crippen LogP contribution >= 0.6 is 11.6 Å². The predicted octanol–water partition coefficient (Wildman–Crippen LogP) is 1.91. The molecule has 0 atom stereocenters. The van der Waals surface area contributed by atoms with Crippen molar-refractivity contribution < 1.29 is 14.8 Å². The molecule has 0 aromatic heterocycles. The number of amides is 2. The fourth-order valence-corrected chi connectivity index (χ4v) is 2.19. The van der Waals surface area contributed by atoms with Gasteiger partial charge in [0.25, 0.3) is 0 Å². The molecule has 1 rings (SSSR count). The molecule has 0 saturated carbocycles. The van der Waals surface area contributed by atoms with Crippen molar-refractivity contribution in [3.8, 4) is 0 Å². The lowest BCUT2D eigenvalue weighted by Crippen LogP contribution is -2.36. The average Bonchev–Trinajstić information content (AvgIpc) is 2.52. The first kappa shape index (κ1) is 18.3. The van der Waals surface area contributed by atoms with Crippen molar-refractivity contribution in [2.45, 2.75) is 19.8 Å². The first-order chi connectivity index (χ1) is 10.5. The van der Waals surface area contributed by atoms with Crippen LogP contribution < -0.4 is 10.4 Å². The third-order valence-electron chi connectivity index (χ3n) is 3.38. The Labute approximate surface area is 135 Å². The van der Waals surface area contributed by atoms with Crippen molar-refractivity contribution in [1.82, 2.24) is 10.4 Å². The number of benzene rings is 1. The number of carbonyl (C=O) groups is 2. The van der Waals surface area contributed by atoms with Gasteiger partial charge in [0.05, 0.1) is 0 Å². The number of nitrogens with one attached hydrogen (secondary N) is 1. The van der Waals surface area contributed by atoms with Gasteiger partial charge in [-0.1, -0.05) is 17.7 Å². The molecule has 0 unspecified atom stereocenters. The Morgan fingerprint density at radius 1 is 1.27 bits per heavy atom. The standard InChI is InChI=1S/C15H22ClN3O3/c1-3-19(13-6-4-5-12(16)11-13)10-9-18(2)15(21)8-7-14(20)17-22/h4-6,11,22H,3,7-10H2,1-2H3,(H,17,20). The van der Waals surface area contributed by atoms with Gasteiger partial charge < -0.3 is 9.80 Å². The van der Waals surface area contributed by atoms with Crippen LogP contribution in [0.2, 0.25) is 5.02 Å². The molecular formula is C15H22ClN3O3. The minimum absolute atomic E-state index is 0.0224. The zero-order chi connectivity index (χ0) is 16.5. The SMILES string of the molecule is CCN(CCN(C)C(=O)CCC(=O)NO)c1cccc(Cl)c1. The van der Waals surface area contributed by atoms with E-state index in [-0.39, 0.29) is 18.7 Å². The first-order valence-electron chi connectivity index (χ1n) is 7.15. The summed E-state index contributed by atoms with van der Waals surface area (Å²) >= 11 is 5.99. The van der Waals surface area contributed by atoms with Crippen molar-refractivity contribution in [2.24, 2.45) is 0 Å². The van der Waals surface area contributed by atoms with Crippen LogP contribution in [0.5, 0.6) is 0 Å².